The van der Waals surface area contributed by atoms with Crippen molar-refractivity contribution in [3.05, 3.63) is 135 Å². The molecule has 1 amide bonds. The number of carbonyl (C=O) groups excluding carboxylic acids is 1. The van der Waals surface area contributed by atoms with Gasteiger partial charge in [0.25, 0.3) is 5.91 Å². The third-order valence-electron chi connectivity index (χ3n) is 6.50. The Balaban J connectivity index is 1.11. The number of nitrogens with zero attached hydrogens (tertiary/aromatic N) is 3. The first-order valence-corrected chi connectivity index (χ1v) is 14.8. The summed E-state index contributed by atoms with van der Waals surface area (Å²) in [5.74, 6) is -0.283. The van der Waals surface area contributed by atoms with E-state index in [9.17, 15) is 4.79 Å². The molecular formula is C32H23BrClN5OS. The number of carbonyl (C=O) groups is 1. The number of thiazole rings is 1. The van der Waals surface area contributed by atoms with Crippen LogP contribution in [0.4, 0.5) is 10.8 Å². The highest BCUT2D eigenvalue weighted by Gasteiger charge is 2.10. The van der Waals surface area contributed by atoms with Crippen molar-refractivity contribution in [2.75, 3.05) is 5.32 Å². The molecule has 6 rings (SSSR count). The van der Waals surface area contributed by atoms with Gasteiger partial charge in [0.05, 0.1) is 11.9 Å². The lowest BCUT2D eigenvalue weighted by molar-refractivity contribution is 0.0955. The molecule has 6 nitrogen and oxygen atoms in total. The number of hydrogen-bond donors (Lipinski definition) is 2. The summed E-state index contributed by atoms with van der Waals surface area (Å²) in [6.45, 7) is 0.734. The Hall–Kier alpha value is -4.24. The van der Waals surface area contributed by atoms with Crippen LogP contribution in [0, 0.1) is 0 Å². The molecule has 6 aromatic rings. The zero-order valence-corrected chi connectivity index (χ0v) is 24.7. The summed E-state index contributed by atoms with van der Waals surface area (Å²) in [6, 6.07) is 31.2. The van der Waals surface area contributed by atoms with Gasteiger partial charge in [-0.3, -0.25) is 4.79 Å². The van der Waals surface area contributed by atoms with E-state index >= 15 is 0 Å². The van der Waals surface area contributed by atoms with Crippen LogP contribution < -0.4 is 10.7 Å². The number of halogens is 2. The summed E-state index contributed by atoms with van der Waals surface area (Å²) in [6.07, 6.45) is 3.75. The Morgan fingerprint density at radius 1 is 0.976 bits per heavy atom. The summed E-state index contributed by atoms with van der Waals surface area (Å²) in [7, 11) is 0. The van der Waals surface area contributed by atoms with E-state index in [1.165, 1.54) is 16.9 Å². The minimum atomic E-state index is -0.283. The van der Waals surface area contributed by atoms with Gasteiger partial charge in [-0.25, -0.2) is 10.4 Å². The maximum absolute atomic E-state index is 12.8. The van der Waals surface area contributed by atoms with Crippen molar-refractivity contribution in [3.8, 4) is 11.3 Å². The van der Waals surface area contributed by atoms with E-state index in [1.54, 1.807) is 18.3 Å². The minimum Gasteiger partial charge on any atom is -0.342 e. The van der Waals surface area contributed by atoms with Crippen LogP contribution in [0.3, 0.4) is 0 Å². The second kappa shape index (κ2) is 12.1. The van der Waals surface area contributed by atoms with Crippen molar-refractivity contribution in [2.24, 2.45) is 5.10 Å². The first kappa shape index (κ1) is 27.0. The Labute approximate surface area is 254 Å². The van der Waals surface area contributed by atoms with Gasteiger partial charge >= 0.3 is 0 Å². The zero-order chi connectivity index (χ0) is 28.2. The van der Waals surface area contributed by atoms with E-state index in [1.807, 2.05) is 66.0 Å². The van der Waals surface area contributed by atoms with Crippen LogP contribution in [0.15, 0.2) is 118 Å². The Bertz CT molecular complexity index is 1840. The number of nitrogens with one attached hydrogen (secondary N) is 2. The summed E-state index contributed by atoms with van der Waals surface area (Å²) >= 11 is 11.0. The lowest BCUT2D eigenvalue weighted by Crippen LogP contribution is -2.17. The Morgan fingerprint density at radius 3 is 2.51 bits per heavy atom. The number of aromatic nitrogens is 2. The number of benzene rings is 4. The molecule has 2 aromatic heterocycles. The predicted octanol–water partition coefficient (Wildman–Crippen LogP) is 8.74. The quantitative estimate of drug-likeness (QED) is 0.129. The maximum atomic E-state index is 12.8. The van der Waals surface area contributed by atoms with Gasteiger partial charge in [-0.15, -0.1) is 11.3 Å². The van der Waals surface area contributed by atoms with Crippen molar-refractivity contribution in [1.82, 2.24) is 15.0 Å². The number of anilines is 2. The van der Waals surface area contributed by atoms with E-state index in [4.69, 9.17) is 11.6 Å². The van der Waals surface area contributed by atoms with Gasteiger partial charge in [0.2, 0.25) is 0 Å². The van der Waals surface area contributed by atoms with Gasteiger partial charge in [0.1, 0.15) is 0 Å². The van der Waals surface area contributed by atoms with E-state index in [-0.39, 0.29) is 5.91 Å². The molecule has 0 saturated carbocycles. The van der Waals surface area contributed by atoms with Crippen molar-refractivity contribution in [1.29, 1.82) is 0 Å². The van der Waals surface area contributed by atoms with Crippen molar-refractivity contribution >= 4 is 72.7 Å². The van der Waals surface area contributed by atoms with Crippen molar-refractivity contribution in [2.45, 2.75) is 6.54 Å². The van der Waals surface area contributed by atoms with Gasteiger partial charge in [0, 0.05) is 60.9 Å². The SMILES string of the molecule is O=C(N/N=C\c1cn(Cc2ccc(Br)cc2)c2ccccc12)c1ccc(-c2csc(Nc3ccc(Cl)cc3)n2)cc1. The number of fused-ring (bicyclic) bond motifs is 1. The maximum Gasteiger partial charge on any atom is 0.271 e. The van der Waals surface area contributed by atoms with Crippen LogP contribution >= 0.6 is 38.9 Å². The van der Waals surface area contributed by atoms with Gasteiger partial charge in [-0.1, -0.05) is 70.0 Å². The first-order valence-electron chi connectivity index (χ1n) is 12.8. The minimum absolute atomic E-state index is 0.283. The molecule has 0 unspecified atom stereocenters. The second-order valence-electron chi connectivity index (χ2n) is 9.30. The highest BCUT2D eigenvalue weighted by Crippen LogP contribution is 2.28. The van der Waals surface area contributed by atoms with Crippen LogP contribution in [-0.2, 0) is 6.54 Å². The predicted molar refractivity (Wildman–Crippen MR) is 173 cm³/mol. The molecule has 0 aliphatic rings. The lowest BCUT2D eigenvalue weighted by atomic mass is 10.1. The zero-order valence-electron chi connectivity index (χ0n) is 21.6. The molecule has 41 heavy (non-hydrogen) atoms. The Kier molecular flexibility index (Phi) is 7.95. The van der Waals surface area contributed by atoms with Gasteiger partial charge in [0.15, 0.2) is 5.13 Å². The standard InChI is InChI=1S/C32H23BrClN5OS/c33-25-11-5-21(6-12-25)18-39-19-24(28-3-1-2-4-30(28)39)17-35-38-31(40)23-9-7-22(8-10-23)29-20-41-32(37-29)36-27-15-13-26(34)14-16-27/h1-17,19-20H,18H2,(H,36,37)(H,38,40)/b35-17-. The number of amides is 1. The van der Waals surface area contributed by atoms with Crippen molar-refractivity contribution in [3.63, 3.8) is 0 Å². The fourth-order valence-electron chi connectivity index (χ4n) is 4.43. The summed E-state index contributed by atoms with van der Waals surface area (Å²) in [5.41, 5.74) is 9.06. The smallest absolute Gasteiger partial charge is 0.271 e. The highest BCUT2D eigenvalue weighted by atomic mass is 79.9. The molecule has 0 bridgehead atoms. The molecule has 0 spiro atoms. The fraction of sp³-hybridized carbons (Fsp3) is 0.0312. The third-order valence-corrected chi connectivity index (χ3v) is 8.04. The average molecular weight is 641 g/mol. The van der Waals surface area contributed by atoms with E-state index in [0.29, 0.717) is 10.6 Å². The normalized spacial score (nSPS) is 11.3. The number of rotatable bonds is 8. The fourth-order valence-corrected chi connectivity index (χ4v) is 5.56. The monoisotopic (exact) mass is 639 g/mol. The molecule has 0 atom stereocenters. The molecular weight excluding hydrogens is 618 g/mol. The highest BCUT2D eigenvalue weighted by molar-refractivity contribution is 9.10. The van der Waals surface area contributed by atoms with E-state index in [0.717, 1.165) is 49.6 Å². The van der Waals surface area contributed by atoms with Gasteiger partial charge in [-0.05, 0) is 60.2 Å². The average Bonchev–Trinajstić information content (AvgIpc) is 3.60. The third kappa shape index (κ3) is 6.41. The molecule has 0 saturated heterocycles. The summed E-state index contributed by atoms with van der Waals surface area (Å²) in [4.78, 5) is 17.4. The number of hydrazone groups is 1. The van der Waals surface area contributed by atoms with Gasteiger partial charge < -0.3 is 9.88 Å². The Morgan fingerprint density at radius 2 is 1.73 bits per heavy atom. The summed E-state index contributed by atoms with van der Waals surface area (Å²) in [5, 5.41) is 12.0. The first-order chi connectivity index (χ1) is 20.0. The lowest BCUT2D eigenvalue weighted by Gasteiger charge is -2.05. The summed E-state index contributed by atoms with van der Waals surface area (Å²) < 4.78 is 3.24. The molecule has 0 aliphatic carbocycles. The number of hydrogen-bond acceptors (Lipinski definition) is 5. The van der Waals surface area contributed by atoms with E-state index < -0.39 is 0 Å². The molecule has 202 valence electrons. The van der Waals surface area contributed by atoms with Crippen LogP contribution in [0.2, 0.25) is 5.02 Å². The van der Waals surface area contributed by atoms with Crippen LogP contribution in [0.5, 0.6) is 0 Å². The van der Waals surface area contributed by atoms with Crippen LogP contribution in [0.1, 0.15) is 21.5 Å². The molecule has 4 aromatic carbocycles. The number of para-hydroxylation sites is 1. The topological polar surface area (TPSA) is 71.3 Å². The van der Waals surface area contributed by atoms with Crippen molar-refractivity contribution < 1.29 is 4.79 Å². The molecule has 2 N–H and O–H groups in total. The van der Waals surface area contributed by atoms with Gasteiger partial charge in [-0.2, -0.15) is 5.10 Å². The molecule has 9 heteroatoms. The molecule has 0 fully saturated rings. The molecule has 0 aliphatic heterocycles. The largest absolute Gasteiger partial charge is 0.342 e. The molecule has 2 heterocycles. The van der Waals surface area contributed by atoms with E-state index in [2.05, 4.69) is 71.8 Å². The van der Waals surface area contributed by atoms with Crippen LogP contribution in [0.25, 0.3) is 22.2 Å². The van der Waals surface area contributed by atoms with Crippen LogP contribution in [-0.4, -0.2) is 21.7 Å². The second-order valence-corrected chi connectivity index (χ2v) is 11.5. The molecule has 0 radical (unpaired) electrons.